The fourth-order valence-corrected chi connectivity index (χ4v) is 3.88. The van der Waals surface area contributed by atoms with Crippen molar-refractivity contribution in [2.24, 2.45) is 11.8 Å². The zero-order chi connectivity index (χ0) is 16.2. The van der Waals surface area contributed by atoms with Crippen LogP contribution in [0.1, 0.15) is 56.7 Å². The van der Waals surface area contributed by atoms with Crippen LogP contribution in [0.3, 0.4) is 0 Å². The Bertz CT molecular complexity index is 517. The zero-order valence-electron chi connectivity index (χ0n) is 13.9. The van der Waals surface area contributed by atoms with E-state index in [1.807, 2.05) is 4.90 Å². The van der Waals surface area contributed by atoms with E-state index < -0.39 is 6.10 Å². The Labute approximate surface area is 137 Å². The van der Waals surface area contributed by atoms with E-state index in [2.05, 4.69) is 10.1 Å². The molecular formula is C17H27N3O3. The predicted molar refractivity (Wildman–Crippen MR) is 84.6 cm³/mol. The molecular weight excluding hydrogens is 294 g/mol. The number of aromatic nitrogens is 2. The molecule has 0 radical (unpaired) electrons. The van der Waals surface area contributed by atoms with Crippen LogP contribution in [0.5, 0.6) is 0 Å². The standard InChI is InChI=1S/C17H27N3O3/c1-12-18-15(19-23-12)11-13-7-9-20(10-8-13)17(22)16(21)14-5-3-2-4-6-14/h13-14,16,21H,2-11H2,1H3/t16-/m1/s1. The van der Waals surface area contributed by atoms with Gasteiger partial charge >= 0.3 is 0 Å². The van der Waals surface area contributed by atoms with Gasteiger partial charge < -0.3 is 14.5 Å². The Balaban J connectivity index is 1.47. The molecule has 1 saturated carbocycles. The Hall–Kier alpha value is -1.43. The summed E-state index contributed by atoms with van der Waals surface area (Å²) in [5, 5.41) is 14.3. The van der Waals surface area contributed by atoms with Gasteiger partial charge in [-0.05, 0) is 37.5 Å². The molecule has 128 valence electrons. The summed E-state index contributed by atoms with van der Waals surface area (Å²) >= 11 is 0. The summed E-state index contributed by atoms with van der Waals surface area (Å²) in [6.45, 7) is 3.25. The Morgan fingerprint density at radius 1 is 1.26 bits per heavy atom. The molecule has 1 aromatic rings. The van der Waals surface area contributed by atoms with E-state index in [0.717, 1.165) is 63.9 Å². The second-order valence-electron chi connectivity index (χ2n) is 7.05. The molecule has 0 aromatic carbocycles. The van der Waals surface area contributed by atoms with Gasteiger partial charge in [0.15, 0.2) is 5.82 Å². The second kappa shape index (κ2) is 7.43. The highest BCUT2D eigenvalue weighted by molar-refractivity contribution is 5.81. The van der Waals surface area contributed by atoms with E-state index in [0.29, 0.717) is 11.8 Å². The summed E-state index contributed by atoms with van der Waals surface area (Å²) in [7, 11) is 0. The van der Waals surface area contributed by atoms with Gasteiger partial charge in [0.25, 0.3) is 5.91 Å². The molecule has 6 nitrogen and oxygen atoms in total. The molecule has 2 aliphatic rings. The van der Waals surface area contributed by atoms with Crippen LogP contribution in [-0.2, 0) is 11.2 Å². The fraction of sp³-hybridized carbons (Fsp3) is 0.824. The fourth-order valence-electron chi connectivity index (χ4n) is 3.88. The summed E-state index contributed by atoms with van der Waals surface area (Å²) in [4.78, 5) is 18.6. The van der Waals surface area contributed by atoms with E-state index in [-0.39, 0.29) is 11.8 Å². The third kappa shape index (κ3) is 4.10. The van der Waals surface area contributed by atoms with Gasteiger partial charge in [-0.3, -0.25) is 4.79 Å². The summed E-state index contributed by atoms with van der Waals surface area (Å²) in [6, 6.07) is 0. The number of likely N-dealkylation sites (tertiary alicyclic amines) is 1. The number of hydrogen-bond donors (Lipinski definition) is 1. The lowest BCUT2D eigenvalue weighted by Gasteiger charge is -2.35. The van der Waals surface area contributed by atoms with Crippen molar-refractivity contribution in [2.75, 3.05) is 13.1 Å². The molecule has 1 saturated heterocycles. The Morgan fingerprint density at radius 2 is 1.96 bits per heavy atom. The summed E-state index contributed by atoms with van der Waals surface area (Å²) in [6.07, 6.45) is 7.38. The summed E-state index contributed by atoms with van der Waals surface area (Å²) < 4.78 is 5.01. The number of aryl methyl sites for hydroxylation is 1. The number of piperidine rings is 1. The topological polar surface area (TPSA) is 79.5 Å². The van der Waals surface area contributed by atoms with Crippen molar-refractivity contribution < 1.29 is 14.4 Å². The van der Waals surface area contributed by atoms with Gasteiger partial charge in [0.05, 0.1) is 0 Å². The number of aliphatic hydroxyl groups excluding tert-OH is 1. The molecule has 1 atom stereocenters. The maximum Gasteiger partial charge on any atom is 0.251 e. The van der Waals surface area contributed by atoms with Gasteiger partial charge in [0, 0.05) is 26.4 Å². The highest BCUT2D eigenvalue weighted by atomic mass is 16.5. The molecule has 6 heteroatoms. The first-order valence-corrected chi connectivity index (χ1v) is 8.89. The van der Waals surface area contributed by atoms with Crippen molar-refractivity contribution in [3.05, 3.63) is 11.7 Å². The van der Waals surface area contributed by atoms with Gasteiger partial charge in [-0.2, -0.15) is 4.98 Å². The van der Waals surface area contributed by atoms with Crippen molar-refractivity contribution in [1.29, 1.82) is 0 Å². The highest BCUT2D eigenvalue weighted by Gasteiger charge is 2.32. The van der Waals surface area contributed by atoms with E-state index in [4.69, 9.17) is 4.52 Å². The van der Waals surface area contributed by atoms with E-state index in [9.17, 15) is 9.90 Å². The van der Waals surface area contributed by atoms with Gasteiger partial charge in [-0.1, -0.05) is 24.4 Å². The van der Waals surface area contributed by atoms with Crippen LogP contribution >= 0.6 is 0 Å². The van der Waals surface area contributed by atoms with Crippen LogP contribution in [0, 0.1) is 18.8 Å². The van der Waals surface area contributed by atoms with Crippen LogP contribution in [-0.4, -0.2) is 45.2 Å². The summed E-state index contributed by atoms with van der Waals surface area (Å²) in [5.74, 6) is 1.95. The molecule has 3 rings (SSSR count). The van der Waals surface area contributed by atoms with Crippen molar-refractivity contribution in [3.8, 4) is 0 Å². The minimum atomic E-state index is -0.799. The number of hydrogen-bond acceptors (Lipinski definition) is 5. The zero-order valence-corrected chi connectivity index (χ0v) is 13.9. The van der Waals surface area contributed by atoms with Crippen LogP contribution in [0.25, 0.3) is 0 Å². The molecule has 1 N–H and O–H groups in total. The molecule has 23 heavy (non-hydrogen) atoms. The van der Waals surface area contributed by atoms with Crippen LogP contribution in [0.15, 0.2) is 4.52 Å². The Kier molecular flexibility index (Phi) is 5.30. The van der Waals surface area contributed by atoms with Gasteiger partial charge in [-0.25, -0.2) is 0 Å². The minimum Gasteiger partial charge on any atom is -0.383 e. The first-order chi connectivity index (χ1) is 11.1. The van der Waals surface area contributed by atoms with Crippen LogP contribution in [0.4, 0.5) is 0 Å². The quantitative estimate of drug-likeness (QED) is 0.918. The monoisotopic (exact) mass is 321 g/mol. The maximum absolute atomic E-state index is 12.5. The van der Waals surface area contributed by atoms with Gasteiger partial charge in [-0.15, -0.1) is 0 Å². The number of carbonyl (C=O) groups is 1. The molecule has 0 bridgehead atoms. The molecule has 1 aromatic heterocycles. The third-order valence-corrected chi connectivity index (χ3v) is 5.32. The average molecular weight is 321 g/mol. The minimum absolute atomic E-state index is 0.0641. The second-order valence-corrected chi connectivity index (χ2v) is 7.05. The largest absolute Gasteiger partial charge is 0.383 e. The highest BCUT2D eigenvalue weighted by Crippen LogP contribution is 2.28. The maximum atomic E-state index is 12.5. The number of amides is 1. The molecule has 1 amide bonds. The summed E-state index contributed by atoms with van der Waals surface area (Å²) in [5.41, 5.74) is 0. The normalized spacial score (nSPS) is 22.3. The lowest BCUT2D eigenvalue weighted by molar-refractivity contribution is -0.145. The lowest BCUT2D eigenvalue weighted by atomic mass is 9.84. The first kappa shape index (κ1) is 16.4. The van der Waals surface area contributed by atoms with Crippen molar-refractivity contribution in [3.63, 3.8) is 0 Å². The van der Waals surface area contributed by atoms with Gasteiger partial charge in [0.2, 0.25) is 5.89 Å². The number of rotatable bonds is 4. The smallest absolute Gasteiger partial charge is 0.251 e. The number of carbonyl (C=O) groups excluding carboxylic acids is 1. The molecule has 2 heterocycles. The average Bonchev–Trinajstić information content (AvgIpc) is 3.00. The SMILES string of the molecule is Cc1nc(CC2CCN(C(=O)[C@H](O)C3CCCCC3)CC2)no1. The van der Waals surface area contributed by atoms with Crippen LogP contribution in [0.2, 0.25) is 0 Å². The Morgan fingerprint density at radius 3 is 2.57 bits per heavy atom. The van der Waals surface area contributed by atoms with Crippen molar-refractivity contribution in [1.82, 2.24) is 15.0 Å². The number of aliphatic hydroxyl groups is 1. The first-order valence-electron chi connectivity index (χ1n) is 8.89. The van der Waals surface area contributed by atoms with Crippen molar-refractivity contribution in [2.45, 2.75) is 64.4 Å². The lowest BCUT2D eigenvalue weighted by Crippen LogP contribution is -2.46. The van der Waals surface area contributed by atoms with Crippen molar-refractivity contribution >= 4 is 5.91 Å². The van der Waals surface area contributed by atoms with E-state index in [1.54, 1.807) is 6.92 Å². The molecule has 0 unspecified atom stereocenters. The molecule has 1 aliphatic carbocycles. The molecule has 2 fully saturated rings. The van der Waals surface area contributed by atoms with E-state index >= 15 is 0 Å². The third-order valence-electron chi connectivity index (χ3n) is 5.32. The van der Waals surface area contributed by atoms with E-state index in [1.165, 1.54) is 6.42 Å². The number of nitrogens with zero attached hydrogens (tertiary/aromatic N) is 3. The van der Waals surface area contributed by atoms with Crippen LogP contribution < -0.4 is 0 Å². The predicted octanol–water partition coefficient (Wildman–Crippen LogP) is 2.10. The van der Waals surface area contributed by atoms with Gasteiger partial charge in [0.1, 0.15) is 6.10 Å². The molecule has 0 spiro atoms. The molecule has 1 aliphatic heterocycles.